The Balaban J connectivity index is 2.63. The van der Waals surface area contributed by atoms with E-state index in [4.69, 9.17) is 4.74 Å². The summed E-state index contributed by atoms with van der Waals surface area (Å²) >= 11 is 0. The number of aryl methyl sites for hydroxylation is 1. The van der Waals surface area contributed by atoms with Gasteiger partial charge in [0, 0.05) is 18.3 Å². The van der Waals surface area contributed by atoms with Crippen LogP contribution in [0.15, 0.2) is 30.3 Å². The van der Waals surface area contributed by atoms with Crippen molar-refractivity contribution in [2.45, 2.75) is 26.3 Å². The Morgan fingerprint density at radius 2 is 1.94 bits per heavy atom. The number of benzene rings is 1. The summed E-state index contributed by atoms with van der Waals surface area (Å²) < 4.78 is 7.67. The van der Waals surface area contributed by atoms with Crippen LogP contribution in [-0.4, -0.2) is 18.3 Å². The van der Waals surface area contributed by atoms with Crippen molar-refractivity contribution >= 4 is 10.9 Å². The third kappa shape index (κ3) is 1.74. The minimum atomic E-state index is -0.0120. The van der Waals surface area contributed by atoms with Gasteiger partial charge in [0.15, 0.2) is 0 Å². The minimum absolute atomic E-state index is 0.0120. The Morgan fingerprint density at radius 1 is 1.25 bits per heavy atom. The first kappa shape index (κ1) is 11.2. The molecule has 0 radical (unpaired) electrons. The topological polar surface area (TPSA) is 14.2 Å². The van der Waals surface area contributed by atoms with E-state index in [2.05, 4.69) is 55.7 Å². The highest BCUT2D eigenvalue weighted by Crippen LogP contribution is 2.27. The molecular weight excluding hydrogens is 198 g/mol. The Morgan fingerprint density at radius 3 is 2.62 bits per heavy atom. The average Bonchev–Trinajstić information content (AvgIpc) is 2.53. The lowest BCUT2D eigenvalue weighted by molar-refractivity contribution is 0.111. The Labute approximate surface area is 96.8 Å². The fourth-order valence-corrected chi connectivity index (χ4v) is 2.51. The summed E-state index contributed by atoms with van der Waals surface area (Å²) in [6, 6.07) is 10.7. The van der Waals surface area contributed by atoms with Gasteiger partial charge in [-0.25, -0.2) is 0 Å². The van der Waals surface area contributed by atoms with Crippen LogP contribution in [0.2, 0.25) is 0 Å². The Kier molecular flexibility index (Phi) is 2.76. The number of methoxy groups -OCH3 is 1. The van der Waals surface area contributed by atoms with Gasteiger partial charge in [-0.1, -0.05) is 18.2 Å². The van der Waals surface area contributed by atoms with Gasteiger partial charge in [-0.15, -0.1) is 0 Å². The molecule has 16 heavy (non-hydrogen) atoms. The lowest BCUT2D eigenvalue weighted by atomic mass is 10.1. The molecule has 0 N–H and O–H groups in total. The quantitative estimate of drug-likeness (QED) is 0.769. The summed E-state index contributed by atoms with van der Waals surface area (Å²) in [6.07, 6.45) is 0. The molecule has 86 valence electrons. The zero-order valence-electron chi connectivity index (χ0n) is 10.4. The number of nitrogens with zero attached hydrogens (tertiary/aromatic N) is 1. The molecule has 0 bridgehead atoms. The van der Waals surface area contributed by atoms with E-state index < -0.39 is 0 Å². The Bertz CT molecular complexity index is 496. The first-order valence-electron chi connectivity index (χ1n) is 5.63. The highest BCUT2D eigenvalue weighted by molar-refractivity contribution is 5.81. The third-order valence-electron chi connectivity index (χ3n) is 3.00. The largest absolute Gasteiger partial charge is 0.382 e. The number of para-hydroxylation sites is 1. The van der Waals surface area contributed by atoms with Crippen LogP contribution >= 0.6 is 0 Å². The van der Waals surface area contributed by atoms with Gasteiger partial charge in [-0.2, -0.15) is 0 Å². The molecule has 0 spiro atoms. The van der Waals surface area contributed by atoms with E-state index in [1.165, 1.54) is 16.6 Å². The number of hydrogen-bond acceptors (Lipinski definition) is 1. The number of rotatable bonds is 3. The van der Waals surface area contributed by atoms with E-state index in [1.54, 1.807) is 7.11 Å². The molecular formula is C14H19NO. The SMILES string of the molecule is COCC(C)(C)n1c(C)cc2ccccc21. The zero-order chi connectivity index (χ0) is 11.8. The second-order valence-corrected chi connectivity index (χ2v) is 4.93. The summed E-state index contributed by atoms with van der Waals surface area (Å²) in [6.45, 7) is 7.27. The molecule has 2 aromatic rings. The number of ether oxygens (including phenoxy) is 1. The van der Waals surface area contributed by atoms with E-state index in [1.807, 2.05) is 0 Å². The van der Waals surface area contributed by atoms with Crippen molar-refractivity contribution < 1.29 is 4.74 Å². The summed E-state index contributed by atoms with van der Waals surface area (Å²) in [7, 11) is 1.75. The van der Waals surface area contributed by atoms with Crippen molar-refractivity contribution in [3.05, 3.63) is 36.0 Å². The molecule has 1 heterocycles. The van der Waals surface area contributed by atoms with Gasteiger partial charge in [-0.05, 0) is 38.3 Å². The van der Waals surface area contributed by atoms with Gasteiger partial charge in [0.1, 0.15) is 0 Å². The molecule has 0 unspecified atom stereocenters. The van der Waals surface area contributed by atoms with Crippen LogP contribution in [0, 0.1) is 6.92 Å². The molecule has 0 aliphatic rings. The van der Waals surface area contributed by atoms with E-state index in [-0.39, 0.29) is 5.54 Å². The highest BCUT2D eigenvalue weighted by atomic mass is 16.5. The minimum Gasteiger partial charge on any atom is -0.382 e. The highest BCUT2D eigenvalue weighted by Gasteiger charge is 2.23. The maximum Gasteiger partial charge on any atom is 0.0693 e. The van der Waals surface area contributed by atoms with Gasteiger partial charge < -0.3 is 9.30 Å². The molecule has 1 aromatic carbocycles. The monoisotopic (exact) mass is 217 g/mol. The van der Waals surface area contributed by atoms with Crippen LogP contribution in [0.25, 0.3) is 10.9 Å². The fourth-order valence-electron chi connectivity index (χ4n) is 2.51. The molecule has 0 amide bonds. The van der Waals surface area contributed by atoms with Gasteiger partial charge >= 0.3 is 0 Å². The standard InChI is InChI=1S/C14H19NO/c1-11-9-12-7-5-6-8-13(12)15(11)14(2,3)10-16-4/h5-9H,10H2,1-4H3. The number of fused-ring (bicyclic) bond motifs is 1. The average molecular weight is 217 g/mol. The van der Waals surface area contributed by atoms with Crippen molar-refractivity contribution in [2.75, 3.05) is 13.7 Å². The van der Waals surface area contributed by atoms with E-state index in [0.717, 1.165) is 0 Å². The molecule has 0 atom stereocenters. The number of hydrogen-bond donors (Lipinski definition) is 0. The predicted octanol–water partition coefficient (Wildman–Crippen LogP) is 3.33. The van der Waals surface area contributed by atoms with Crippen LogP contribution in [0.3, 0.4) is 0 Å². The maximum absolute atomic E-state index is 5.31. The Hall–Kier alpha value is -1.28. The summed E-state index contributed by atoms with van der Waals surface area (Å²) in [5.41, 5.74) is 2.55. The van der Waals surface area contributed by atoms with Crippen LogP contribution < -0.4 is 0 Å². The van der Waals surface area contributed by atoms with Gasteiger partial charge in [0.2, 0.25) is 0 Å². The van der Waals surface area contributed by atoms with Crippen molar-refractivity contribution in [1.29, 1.82) is 0 Å². The van der Waals surface area contributed by atoms with E-state index in [0.29, 0.717) is 6.61 Å². The molecule has 0 aliphatic heterocycles. The molecule has 0 aliphatic carbocycles. The fraction of sp³-hybridized carbons (Fsp3) is 0.429. The second-order valence-electron chi connectivity index (χ2n) is 4.93. The van der Waals surface area contributed by atoms with Crippen molar-refractivity contribution in [1.82, 2.24) is 4.57 Å². The maximum atomic E-state index is 5.31. The second kappa shape index (κ2) is 3.95. The van der Waals surface area contributed by atoms with Gasteiger partial charge in [0.25, 0.3) is 0 Å². The van der Waals surface area contributed by atoms with E-state index >= 15 is 0 Å². The lowest BCUT2D eigenvalue weighted by Crippen LogP contribution is -2.32. The van der Waals surface area contributed by atoms with Crippen molar-refractivity contribution in [3.8, 4) is 0 Å². The van der Waals surface area contributed by atoms with Crippen molar-refractivity contribution in [2.24, 2.45) is 0 Å². The summed E-state index contributed by atoms with van der Waals surface area (Å²) in [4.78, 5) is 0. The molecule has 0 fully saturated rings. The molecule has 2 heteroatoms. The van der Waals surface area contributed by atoms with E-state index in [9.17, 15) is 0 Å². The van der Waals surface area contributed by atoms with Crippen LogP contribution in [0.4, 0.5) is 0 Å². The van der Waals surface area contributed by atoms with Gasteiger partial charge in [-0.3, -0.25) is 0 Å². The molecule has 1 aromatic heterocycles. The lowest BCUT2D eigenvalue weighted by Gasteiger charge is -2.29. The van der Waals surface area contributed by atoms with Crippen LogP contribution in [-0.2, 0) is 10.3 Å². The first-order valence-corrected chi connectivity index (χ1v) is 5.63. The van der Waals surface area contributed by atoms with Crippen LogP contribution in [0.1, 0.15) is 19.5 Å². The zero-order valence-corrected chi connectivity index (χ0v) is 10.4. The molecule has 2 rings (SSSR count). The molecule has 2 nitrogen and oxygen atoms in total. The predicted molar refractivity (Wildman–Crippen MR) is 67.9 cm³/mol. The summed E-state index contributed by atoms with van der Waals surface area (Å²) in [5, 5.41) is 1.30. The number of aromatic nitrogens is 1. The molecule has 0 saturated carbocycles. The normalized spacial score (nSPS) is 12.2. The van der Waals surface area contributed by atoms with Crippen molar-refractivity contribution in [3.63, 3.8) is 0 Å². The first-order chi connectivity index (χ1) is 7.56. The van der Waals surface area contributed by atoms with Crippen LogP contribution in [0.5, 0.6) is 0 Å². The summed E-state index contributed by atoms with van der Waals surface area (Å²) in [5.74, 6) is 0. The third-order valence-corrected chi connectivity index (χ3v) is 3.00. The molecule has 0 saturated heterocycles. The van der Waals surface area contributed by atoms with Gasteiger partial charge in [0.05, 0.1) is 12.1 Å². The smallest absolute Gasteiger partial charge is 0.0693 e.